The fourth-order valence-electron chi connectivity index (χ4n) is 1.32. The van der Waals surface area contributed by atoms with E-state index in [2.05, 4.69) is 0 Å². The molecule has 0 aromatic rings. The Hall–Kier alpha value is -0.610. The standard InChI is InChI=1S/C10H18O4/c1-8(11)14-7-10(2,3)9-6-12-4-5-13-9/h9H,4-7H2,1-3H3. The number of hydrogen-bond acceptors (Lipinski definition) is 4. The Kier molecular flexibility index (Phi) is 3.89. The zero-order chi connectivity index (χ0) is 10.6. The third-order valence-electron chi connectivity index (χ3n) is 2.33. The van der Waals surface area contributed by atoms with Crippen LogP contribution in [0.25, 0.3) is 0 Å². The van der Waals surface area contributed by atoms with Gasteiger partial charge < -0.3 is 14.2 Å². The second kappa shape index (κ2) is 4.75. The van der Waals surface area contributed by atoms with Crippen molar-refractivity contribution in [2.75, 3.05) is 26.4 Å². The molecule has 0 bridgehead atoms. The molecule has 0 aromatic heterocycles. The van der Waals surface area contributed by atoms with Crippen LogP contribution in [0.15, 0.2) is 0 Å². The summed E-state index contributed by atoms with van der Waals surface area (Å²) >= 11 is 0. The number of esters is 1. The van der Waals surface area contributed by atoms with Gasteiger partial charge in [-0.2, -0.15) is 0 Å². The van der Waals surface area contributed by atoms with E-state index in [1.807, 2.05) is 13.8 Å². The Bertz CT molecular complexity index is 194. The van der Waals surface area contributed by atoms with Crippen molar-refractivity contribution in [2.24, 2.45) is 5.41 Å². The molecule has 1 atom stereocenters. The lowest BCUT2D eigenvalue weighted by Gasteiger charge is -2.35. The summed E-state index contributed by atoms with van der Waals surface area (Å²) < 4.78 is 15.9. The molecule has 1 rings (SSSR count). The number of ether oxygens (including phenoxy) is 3. The Labute approximate surface area is 84.5 Å². The SMILES string of the molecule is CC(=O)OCC(C)(C)C1COCCO1. The van der Waals surface area contributed by atoms with E-state index in [-0.39, 0.29) is 17.5 Å². The average Bonchev–Trinajstić information content (AvgIpc) is 2.16. The quantitative estimate of drug-likeness (QED) is 0.640. The maximum absolute atomic E-state index is 10.7. The number of hydrogen-bond donors (Lipinski definition) is 0. The molecular formula is C10H18O4. The van der Waals surface area contributed by atoms with Gasteiger partial charge in [0, 0.05) is 12.3 Å². The normalized spacial score (nSPS) is 23.2. The van der Waals surface area contributed by atoms with Crippen molar-refractivity contribution in [3.8, 4) is 0 Å². The fraction of sp³-hybridized carbons (Fsp3) is 0.900. The molecule has 0 N–H and O–H groups in total. The van der Waals surface area contributed by atoms with E-state index in [4.69, 9.17) is 14.2 Å². The van der Waals surface area contributed by atoms with Gasteiger partial charge in [-0.1, -0.05) is 13.8 Å². The molecule has 1 heterocycles. The second-order valence-electron chi connectivity index (χ2n) is 4.20. The minimum atomic E-state index is -0.255. The highest BCUT2D eigenvalue weighted by Crippen LogP contribution is 2.25. The van der Waals surface area contributed by atoms with Crippen LogP contribution in [0.3, 0.4) is 0 Å². The number of rotatable bonds is 3. The lowest BCUT2D eigenvalue weighted by Crippen LogP contribution is -2.43. The van der Waals surface area contributed by atoms with Crippen molar-refractivity contribution in [3.63, 3.8) is 0 Å². The van der Waals surface area contributed by atoms with Crippen molar-refractivity contribution in [2.45, 2.75) is 26.9 Å². The summed E-state index contributed by atoms with van der Waals surface area (Å²) in [6.07, 6.45) is 0.00981. The summed E-state index contributed by atoms with van der Waals surface area (Å²) in [5.41, 5.74) is -0.188. The molecule has 4 nitrogen and oxygen atoms in total. The molecule has 1 aliphatic rings. The first-order valence-corrected chi connectivity index (χ1v) is 4.85. The molecule has 1 unspecified atom stereocenters. The average molecular weight is 202 g/mol. The van der Waals surface area contributed by atoms with Crippen LogP contribution < -0.4 is 0 Å². The first-order chi connectivity index (χ1) is 6.52. The van der Waals surface area contributed by atoms with Gasteiger partial charge in [0.15, 0.2) is 0 Å². The van der Waals surface area contributed by atoms with Gasteiger partial charge in [-0.3, -0.25) is 4.79 Å². The van der Waals surface area contributed by atoms with Gasteiger partial charge in [-0.05, 0) is 0 Å². The summed E-state index contributed by atoms with van der Waals surface area (Å²) in [5.74, 6) is -0.255. The number of carbonyl (C=O) groups excluding carboxylic acids is 1. The number of carbonyl (C=O) groups is 1. The lowest BCUT2D eigenvalue weighted by atomic mass is 9.87. The molecule has 0 aromatic carbocycles. The van der Waals surface area contributed by atoms with E-state index >= 15 is 0 Å². The van der Waals surface area contributed by atoms with Gasteiger partial charge in [-0.15, -0.1) is 0 Å². The third-order valence-corrected chi connectivity index (χ3v) is 2.33. The van der Waals surface area contributed by atoms with E-state index in [9.17, 15) is 4.79 Å². The highest BCUT2D eigenvalue weighted by molar-refractivity contribution is 5.65. The first kappa shape index (κ1) is 11.5. The highest BCUT2D eigenvalue weighted by Gasteiger charge is 2.33. The van der Waals surface area contributed by atoms with Crippen molar-refractivity contribution < 1.29 is 19.0 Å². The highest BCUT2D eigenvalue weighted by atomic mass is 16.6. The minimum Gasteiger partial charge on any atom is -0.465 e. The molecule has 82 valence electrons. The molecule has 4 heteroatoms. The van der Waals surface area contributed by atoms with Gasteiger partial charge in [-0.25, -0.2) is 0 Å². The predicted molar refractivity (Wildman–Crippen MR) is 51.0 cm³/mol. The van der Waals surface area contributed by atoms with E-state index in [0.29, 0.717) is 26.4 Å². The van der Waals surface area contributed by atoms with Crippen LogP contribution in [0.5, 0.6) is 0 Å². The van der Waals surface area contributed by atoms with Crippen molar-refractivity contribution in [3.05, 3.63) is 0 Å². The Balaban J connectivity index is 2.41. The summed E-state index contributed by atoms with van der Waals surface area (Å²) in [6.45, 7) is 7.65. The van der Waals surface area contributed by atoms with Crippen LogP contribution in [-0.2, 0) is 19.0 Å². The van der Waals surface area contributed by atoms with Gasteiger partial charge in [0.05, 0.1) is 32.5 Å². The van der Waals surface area contributed by atoms with Crippen LogP contribution in [0.1, 0.15) is 20.8 Å². The minimum absolute atomic E-state index is 0.00981. The van der Waals surface area contributed by atoms with E-state index in [1.54, 1.807) is 0 Å². The summed E-state index contributed by atoms with van der Waals surface area (Å²) in [7, 11) is 0. The zero-order valence-corrected chi connectivity index (χ0v) is 9.04. The van der Waals surface area contributed by atoms with Crippen molar-refractivity contribution in [1.29, 1.82) is 0 Å². The molecule has 0 radical (unpaired) electrons. The molecule has 0 amide bonds. The summed E-state index contributed by atoms with van der Waals surface area (Å²) in [4.78, 5) is 10.7. The molecular weight excluding hydrogens is 184 g/mol. The van der Waals surface area contributed by atoms with E-state index in [1.165, 1.54) is 6.92 Å². The molecule has 0 aliphatic carbocycles. The van der Waals surface area contributed by atoms with Crippen LogP contribution in [0.2, 0.25) is 0 Å². The van der Waals surface area contributed by atoms with E-state index in [0.717, 1.165) is 0 Å². The maximum Gasteiger partial charge on any atom is 0.302 e. The molecule has 0 spiro atoms. The molecule has 14 heavy (non-hydrogen) atoms. The van der Waals surface area contributed by atoms with Crippen LogP contribution in [0.4, 0.5) is 0 Å². The predicted octanol–water partition coefficient (Wildman–Crippen LogP) is 0.991. The van der Waals surface area contributed by atoms with Gasteiger partial charge in [0.2, 0.25) is 0 Å². The molecule has 1 saturated heterocycles. The van der Waals surface area contributed by atoms with Gasteiger partial charge >= 0.3 is 5.97 Å². The van der Waals surface area contributed by atoms with Crippen LogP contribution in [0, 0.1) is 5.41 Å². The Morgan fingerprint density at radius 3 is 2.71 bits per heavy atom. The van der Waals surface area contributed by atoms with Crippen LogP contribution >= 0.6 is 0 Å². The van der Waals surface area contributed by atoms with Gasteiger partial charge in [0.1, 0.15) is 0 Å². The van der Waals surface area contributed by atoms with Gasteiger partial charge in [0.25, 0.3) is 0 Å². The van der Waals surface area contributed by atoms with E-state index < -0.39 is 0 Å². The topological polar surface area (TPSA) is 44.8 Å². The molecule has 1 fully saturated rings. The van der Waals surface area contributed by atoms with Crippen LogP contribution in [-0.4, -0.2) is 38.5 Å². The summed E-state index contributed by atoms with van der Waals surface area (Å²) in [5, 5.41) is 0. The maximum atomic E-state index is 10.7. The first-order valence-electron chi connectivity index (χ1n) is 4.85. The largest absolute Gasteiger partial charge is 0.465 e. The summed E-state index contributed by atoms with van der Waals surface area (Å²) in [6, 6.07) is 0. The third kappa shape index (κ3) is 3.27. The Morgan fingerprint density at radius 2 is 2.21 bits per heavy atom. The fourth-order valence-corrected chi connectivity index (χ4v) is 1.32. The van der Waals surface area contributed by atoms with Crippen molar-refractivity contribution in [1.82, 2.24) is 0 Å². The molecule has 1 aliphatic heterocycles. The lowest BCUT2D eigenvalue weighted by molar-refractivity contribution is -0.161. The smallest absolute Gasteiger partial charge is 0.302 e. The zero-order valence-electron chi connectivity index (χ0n) is 9.04. The van der Waals surface area contributed by atoms with Crippen molar-refractivity contribution >= 4 is 5.97 Å². The molecule has 0 saturated carbocycles. The second-order valence-corrected chi connectivity index (χ2v) is 4.20. The Morgan fingerprint density at radius 1 is 1.50 bits per heavy atom. The monoisotopic (exact) mass is 202 g/mol.